The Morgan fingerprint density at radius 2 is 1.78 bits per heavy atom. The van der Waals surface area contributed by atoms with E-state index in [0.717, 1.165) is 10.0 Å². The van der Waals surface area contributed by atoms with Gasteiger partial charge in [0, 0.05) is 4.47 Å². The van der Waals surface area contributed by atoms with Gasteiger partial charge in [-0.3, -0.25) is 0 Å². The first-order valence-corrected chi connectivity index (χ1v) is 6.43. The standard InChI is InChI=1S/C15H13BrO2/c1-11-6-8-12(9-7-11)10-18-15(17)13-4-2-3-5-14(13)16/h2-9H,10H2,1H3. The highest BCUT2D eigenvalue weighted by Gasteiger charge is 2.10. The highest BCUT2D eigenvalue weighted by atomic mass is 79.9. The Labute approximate surface area is 115 Å². The number of carbonyl (C=O) groups excluding carboxylic acids is 1. The van der Waals surface area contributed by atoms with Crippen molar-refractivity contribution in [1.82, 2.24) is 0 Å². The number of benzene rings is 2. The molecular weight excluding hydrogens is 292 g/mol. The first kappa shape index (κ1) is 12.8. The highest BCUT2D eigenvalue weighted by molar-refractivity contribution is 9.10. The molecule has 0 radical (unpaired) electrons. The van der Waals surface area contributed by atoms with Crippen LogP contribution < -0.4 is 0 Å². The Kier molecular flexibility index (Phi) is 4.15. The molecule has 2 rings (SSSR count). The molecule has 0 aromatic heterocycles. The quantitative estimate of drug-likeness (QED) is 0.798. The summed E-state index contributed by atoms with van der Waals surface area (Å²) in [6.45, 7) is 2.32. The van der Waals surface area contributed by atoms with Crippen LogP contribution in [0.15, 0.2) is 53.0 Å². The lowest BCUT2D eigenvalue weighted by molar-refractivity contribution is 0.0471. The topological polar surface area (TPSA) is 26.3 Å². The van der Waals surface area contributed by atoms with E-state index in [4.69, 9.17) is 4.74 Å². The Morgan fingerprint density at radius 1 is 1.11 bits per heavy atom. The van der Waals surface area contributed by atoms with Crippen LogP contribution in [0.2, 0.25) is 0 Å². The van der Waals surface area contributed by atoms with Crippen LogP contribution >= 0.6 is 15.9 Å². The second kappa shape index (κ2) is 5.83. The Hall–Kier alpha value is -1.61. The van der Waals surface area contributed by atoms with Gasteiger partial charge in [-0.2, -0.15) is 0 Å². The van der Waals surface area contributed by atoms with Crippen molar-refractivity contribution in [3.05, 3.63) is 69.7 Å². The minimum atomic E-state index is -0.317. The summed E-state index contributed by atoms with van der Waals surface area (Å²) < 4.78 is 6.01. The monoisotopic (exact) mass is 304 g/mol. The summed E-state index contributed by atoms with van der Waals surface area (Å²) in [5.41, 5.74) is 2.72. The third kappa shape index (κ3) is 3.20. The van der Waals surface area contributed by atoms with Gasteiger partial charge in [-0.1, -0.05) is 42.0 Å². The molecule has 2 nitrogen and oxygen atoms in total. The molecule has 0 aliphatic rings. The van der Waals surface area contributed by atoms with Crippen molar-refractivity contribution in [3.8, 4) is 0 Å². The van der Waals surface area contributed by atoms with Crippen LogP contribution in [0.25, 0.3) is 0 Å². The molecule has 0 heterocycles. The fraction of sp³-hybridized carbons (Fsp3) is 0.133. The molecule has 0 aliphatic heterocycles. The minimum Gasteiger partial charge on any atom is -0.457 e. The number of ether oxygens (including phenoxy) is 1. The molecule has 0 spiro atoms. The van der Waals surface area contributed by atoms with Crippen molar-refractivity contribution in [2.45, 2.75) is 13.5 Å². The van der Waals surface area contributed by atoms with E-state index in [1.165, 1.54) is 5.56 Å². The number of hydrogen-bond acceptors (Lipinski definition) is 2. The molecule has 0 fully saturated rings. The lowest BCUT2D eigenvalue weighted by Crippen LogP contribution is -2.05. The number of rotatable bonds is 3. The van der Waals surface area contributed by atoms with E-state index >= 15 is 0 Å². The second-order valence-electron chi connectivity index (χ2n) is 4.04. The normalized spacial score (nSPS) is 10.1. The fourth-order valence-corrected chi connectivity index (χ4v) is 1.98. The Morgan fingerprint density at radius 3 is 2.44 bits per heavy atom. The number of hydrogen-bond donors (Lipinski definition) is 0. The van der Waals surface area contributed by atoms with E-state index in [1.54, 1.807) is 6.07 Å². The average molecular weight is 305 g/mol. The summed E-state index contributed by atoms with van der Waals surface area (Å²) in [7, 11) is 0. The van der Waals surface area contributed by atoms with Crippen LogP contribution in [0, 0.1) is 6.92 Å². The van der Waals surface area contributed by atoms with Crippen molar-refractivity contribution in [2.24, 2.45) is 0 Å². The van der Waals surface area contributed by atoms with Crippen molar-refractivity contribution < 1.29 is 9.53 Å². The Balaban J connectivity index is 2.01. The maximum Gasteiger partial charge on any atom is 0.339 e. The number of carbonyl (C=O) groups is 1. The van der Waals surface area contributed by atoms with Crippen molar-refractivity contribution in [3.63, 3.8) is 0 Å². The lowest BCUT2D eigenvalue weighted by Gasteiger charge is -2.06. The SMILES string of the molecule is Cc1ccc(COC(=O)c2ccccc2Br)cc1. The molecule has 0 saturated heterocycles. The molecule has 0 atom stereocenters. The van der Waals surface area contributed by atoms with Crippen molar-refractivity contribution in [2.75, 3.05) is 0 Å². The second-order valence-corrected chi connectivity index (χ2v) is 4.90. The molecule has 2 aromatic rings. The first-order chi connectivity index (χ1) is 8.66. The van der Waals surface area contributed by atoms with E-state index in [2.05, 4.69) is 15.9 Å². The van der Waals surface area contributed by atoms with Crippen LogP contribution in [0.1, 0.15) is 21.5 Å². The number of esters is 1. The maximum absolute atomic E-state index is 11.9. The van der Waals surface area contributed by atoms with Gasteiger partial charge in [-0.25, -0.2) is 4.79 Å². The summed E-state index contributed by atoms with van der Waals surface area (Å²) in [6.07, 6.45) is 0. The van der Waals surface area contributed by atoms with Crippen LogP contribution in [-0.2, 0) is 11.3 Å². The van der Waals surface area contributed by atoms with Gasteiger partial charge in [0.1, 0.15) is 6.61 Å². The predicted octanol–water partition coefficient (Wildman–Crippen LogP) is 4.11. The smallest absolute Gasteiger partial charge is 0.339 e. The summed E-state index contributed by atoms with van der Waals surface area (Å²) in [6, 6.07) is 15.2. The summed E-state index contributed by atoms with van der Waals surface area (Å²) in [5.74, 6) is -0.317. The van der Waals surface area contributed by atoms with Crippen molar-refractivity contribution in [1.29, 1.82) is 0 Å². The molecule has 3 heteroatoms. The van der Waals surface area contributed by atoms with Gasteiger partial charge in [-0.15, -0.1) is 0 Å². The molecule has 0 N–H and O–H groups in total. The molecule has 18 heavy (non-hydrogen) atoms. The van der Waals surface area contributed by atoms with Crippen LogP contribution in [0.4, 0.5) is 0 Å². The van der Waals surface area contributed by atoms with E-state index in [9.17, 15) is 4.79 Å². The van der Waals surface area contributed by atoms with Gasteiger partial charge in [0.25, 0.3) is 0 Å². The van der Waals surface area contributed by atoms with Gasteiger partial charge in [0.05, 0.1) is 5.56 Å². The van der Waals surface area contributed by atoms with Crippen LogP contribution in [0.5, 0.6) is 0 Å². The first-order valence-electron chi connectivity index (χ1n) is 5.64. The molecule has 92 valence electrons. The van der Waals surface area contributed by atoms with Gasteiger partial charge in [0.15, 0.2) is 0 Å². The predicted molar refractivity (Wildman–Crippen MR) is 74.4 cm³/mol. The fourth-order valence-electron chi connectivity index (χ4n) is 1.54. The van der Waals surface area contributed by atoms with Crippen LogP contribution in [-0.4, -0.2) is 5.97 Å². The number of halogens is 1. The number of aryl methyl sites for hydroxylation is 1. The van der Waals surface area contributed by atoms with E-state index in [1.807, 2.05) is 49.4 Å². The molecule has 0 saturated carbocycles. The zero-order valence-electron chi connectivity index (χ0n) is 10.0. The maximum atomic E-state index is 11.9. The third-order valence-corrected chi connectivity index (χ3v) is 3.28. The Bertz CT molecular complexity index is 547. The summed E-state index contributed by atoms with van der Waals surface area (Å²) in [5, 5.41) is 0. The largest absolute Gasteiger partial charge is 0.457 e. The lowest BCUT2D eigenvalue weighted by atomic mass is 10.2. The van der Waals surface area contributed by atoms with Gasteiger partial charge in [-0.05, 0) is 40.5 Å². The molecule has 0 unspecified atom stereocenters. The van der Waals surface area contributed by atoms with Crippen LogP contribution in [0.3, 0.4) is 0 Å². The molecule has 0 amide bonds. The van der Waals surface area contributed by atoms with Gasteiger partial charge >= 0.3 is 5.97 Å². The molecule has 0 bridgehead atoms. The van der Waals surface area contributed by atoms with E-state index in [0.29, 0.717) is 12.2 Å². The van der Waals surface area contributed by atoms with E-state index < -0.39 is 0 Å². The zero-order valence-corrected chi connectivity index (χ0v) is 11.6. The zero-order chi connectivity index (χ0) is 13.0. The summed E-state index contributed by atoms with van der Waals surface area (Å²) in [4.78, 5) is 11.9. The highest BCUT2D eigenvalue weighted by Crippen LogP contribution is 2.17. The van der Waals surface area contributed by atoms with E-state index in [-0.39, 0.29) is 5.97 Å². The molecule has 0 aliphatic carbocycles. The molecular formula is C15H13BrO2. The average Bonchev–Trinajstić information content (AvgIpc) is 2.38. The minimum absolute atomic E-state index is 0.292. The molecule has 2 aromatic carbocycles. The van der Waals surface area contributed by atoms with Gasteiger partial charge < -0.3 is 4.74 Å². The third-order valence-electron chi connectivity index (χ3n) is 2.58. The van der Waals surface area contributed by atoms with Crippen molar-refractivity contribution >= 4 is 21.9 Å². The van der Waals surface area contributed by atoms with Gasteiger partial charge in [0.2, 0.25) is 0 Å². The summed E-state index contributed by atoms with van der Waals surface area (Å²) >= 11 is 3.33.